The van der Waals surface area contributed by atoms with Crippen LogP contribution in [0.25, 0.3) is 0 Å². The third kappa shape index (κ3) is 6.96. The van der Waals surface area contributed by atoms with Gasteiger partial charge in [0.25, 0.3) is 0 Å². The summed E-state index contributed by atoms with van der Waals surface area (Å²) in [4.78, 5) is 7.45. The number of aliphatic imine (C=N–C) groups is 1. The fourth-order valence-corrected chi connectivity index (χ4v) is 4.87. The number of likely N-dealkylation sites (tertiary alicyclic amines) is 1. The van der Waals surface area contributed by atoms with E-state index in [4.69, 9.17) is 9.41 Å². The van der Waals surface area contributed by atoms with Gasteiger partial charge >= 0.3 is 0 Å². The van der Waals surface area contributed by atoms with E-state index in [1.165, 1.54) is 38.0 Å². The van der Waals surface area contributed by atoms with Crippen LogP contribution in [0.3, 0.4) is 0 Å². The molecule has 0 radical (unpaired) electrons. The molecule has 2 fully saturated rings. The minimum Gasteiger partial charge on any atom is -0.469 e. The van der Waals surface area contributed by atoms with Gasteiger partial charge in [-0.25, -0.2) is 0 Å². The lowest BCUT2D eigenvalue weighted by Gasteiger charge is -2.22. The van der Waals surface area contributed by atoms with Crippen LogP contribution in [0.1, 0.15) is 38.4 Å². The summed E-state index contributed by atoms with van der Waals surface area (Å²) in [6.07, 6.45) is 7.87. The molecule has 2 saturated heterocycles. The maximum Gasteiger partial charge on any atom is 0.191 e. The van der Waals surface area contributed by atoms with E-state index < -0.39 is 0 Å². The zero-order valence-electron chi connectivity index (χ0n) is 15.8. The van der Waals surface area contributed by atoms with Crippen molar-refractivity contribution in [3.63, 3.8) is 0 Å². The van der Waals surface area contributed by atoms with Crippen LogP contribution in [0.2, 0.25) is 0 Å². The molecule has 2 unspecified atom stereocenters. The van der Waals surface area contributed by atoms with Crippen LogP contribution in [0, 0.1) is 0 Å². The van der Waals surface area contributed by atoms with Gasteiger partial charge in [-0.15, -0.1) is 24.0 Å². The van der Waals surface area contributed by atoms with E-state index in [0.29, 0.717) is 6.04 Å². The third-order valence-corrected chi connectivity index (χ3v) is 6.53. The highest BCUT2D eigenvalue weighted by molar-refractivity contribution is 14.0. The van der Waals surface area contributed by atoms with Crippen LogP contribution in [0.4, 0.5) is 0 Å². The summed E-state index contributed by atoms with van der Waals surface area (Å²) < 4.78 is 5.42. The van der Waals surface area contributed by atoms with E-state index in [2.05, 4.69) is 34.2 Å². The Morgan fingerprint density at radius 1 is 1.35 bits per heavy atom. The average molecular weight is 492 g/mol. The summed E-state index contributed by atoms with van der Waals surface area (Å²) >= 11 is 2.09. The van der Waals surface area contributed by atoms with Crippen molar-refractivity contribution in [1.29, 1.82) is 0 Å². The highest BCUT2D eigenvalue weighted by atomic mass is 127. The summed E-state index contributed by atoms with van der Waals surface area (Å²) in [6.45, 7) is 7.36. The first-order chi connectivity index (χ1) is 12.3. The van der Waals surface area contributed by atoms with Crippen LogP contribution in [-0.4, -0.2) is 60.6 Å². The number of halogens is 1. The second-order valence-corrected chi connectivity index (χ2v) is 8.29. The van der Waals surface area contributed by atoms with Gasteiger partial charge in [-0.2, -0.15) is 11.8 Å². The summed E-state index contributed by atoms with van der Waals surface area (Å²) in [7, 11) is 0. The quantitative estimate of drug-likeness (QED) is 0.331. The van der Waals surface area contributed by atoms with E-state index in [-0.39, 0.29) is 24.0 Å². The molecule has 0 aliphatic carbocycles. The molecule has 0 saturated carbocycles. The molecule has 2 aliphatic heterocycles. The maximum atomic E-state index is 5.42. The number of nitrogens with one attached hydrogen (secondary N) is 2. The second kappa shape index (κ2) is 12.1. The second-order valence-electron chi connectivity index (χ2n) is 6.89. The van der Waals surface area contributed by atoms with Crippen LogP contribution in [0.15, 0.2) is 27.8 Å². The number of guanidine groups is 1. The fourth-order valence-electron chi connectivity index (χ4n) is 3.66. The van der Waals surface area contributed by atoms with Gasteiger partial charge in [0.2, 0.25) is 0 Å². The molecule has 2 aliphatic rings. The van der Waals surface area contributed by atoms with Gasteiger partial charge in [-0.1, -0.05) is 6.92 Å². The van der Waals surface area contributed by atoms with Crippen molar-refractivity contribution in [2.24, 2.45) is 4.99 Å². The molecule has 3 heterocycles. The Morgan fingerprint density at radius 2 is 2.27 bits per heavy atom. The Bertz CT molecular complexity index is 520. The van der Waals surface area contributed by atoms with E-state index in [1.807, 2.05) is 12.1 Å². The molecule has 2 N–H and O–H groups in total. The van der Waals surface area contributed by atoms with Gasteiger partial charge in [0, 0.05) is 30.8 Å². The fraction of sp³-hybridized carbons (Fsp3) is 0.737. The van der Waals surface area contributed by atoms with E-state index in [0.717, 1.165) is 49.6 Å². The average Bonchev–Trinajstić information content (AvgIpc) is 3.39. The molecule has 1 aromatic rings. The van der Waals surface area contributed by atoms with Gasteiger partial charge in [-0.3, -0.25) is 9.89 Å². The first kappa shape index (κ1) is 21.9. The van der Waals surface area contributed by atoms with Gasteiger partial charge in [0.05, 0.1) is 12.8 Å². The predicted molar refractivity (Wildman–Crippen MR) is 122 cm³/mol. The SMILES string of the molecule is CCN1CCCC1CN=C(NCCc1ccco1)NCC1CCCS1.I. The molecule has 3 rings (SSSR count). The van der Waals surface area contributed by atoms with Gasteiger partial charge in [-0.05, 0) is 56.7 Å². The van der Waals surface area contributed by atoms with E-state index in [1.54, 1.807) is 6.26 Å². The molecule has 0 bridgehead atoms. The molecule has 5 nitrogen and oxygen atoms in total. The largest absolute Gasteiger partial charge is 0.469 e. The van der Waals surface area contributed by atoms with Crippen molar-refractivity contribution in [2.45, 2.75) is 50.3 Å². The first-order valence-electron chi connectivity index (χ1n) is 9.75. The Morgan fingerprint density at radius 3 is 3.00 bits per heavy atom. The lowest BCUT2D eigenvalue weighted by molar-refractivity contribution is 0.273. The monoisotopic (exact) mass is 492 g/mol. The summed E-state index contributed by atoms with van der Waals surface area (Å²) in [5.41, 5.74) is 0. The summed E-state index contributed by atoms with van der Waals surface area (Å²) in [6, 6.07) is 4.58. The van der Waals surface area contributed by atoms with Gasteiger partial charge < -0.3 is 15.1 Å². The molecule has 148 valence electrons. The molecule has 0 aromatic carbocycles. The smallest absolute Gasteiger partial charge is 0.191 e. The van der Waals surface area contributed by atoms with E-state index in [9.17, 15) is 0 Å². The number of nitrogens with zero attached hydrogens (tertiary/aromatic N) is 2. The van der Waals surface area contributed by atoms with Crippen LogP contribution >= 0.6 is 35.7 Å². The highest BCUT2D eigenvalue weighted by Crippen LogP contribution is 2.25. The Kier molecular flexibility index (Phi) is 10.2. The Balaban J connectivity index is 0.00000243. The molecule has 2 atom stereocenters. The van der Waals surface area contributed by atoms with Gasteiger partial charge in [0.1, 0.15) is 5.76 Å². The number of rotatable bonds is 8. The molecular formula is C19H33IN4OS. The van der Waals surface area contributed by atoms with Crippen molar-refractivity contribution >= 4 is 41.7 Å². The molecule has 0 amide bonds. The Labute approximate surface area is 179 Å². The van der Waals surface area contributed by atoms with Crippen LogP contribution in [-0.2, 0) is 6.42 Å². The number of thioether (sulfide) groups is 1. The van der Waals surface area contributed by atoms with Gasteiger partial charge in [0.15, 0.2) is 5.96 Å². The minimum absolute atomic E-state index is 0. The molecule has 26 heavy (non-hydrogen) atoms. The highest BCUT2D eigenvalue weighted by Gasteiger charge is 2.22. The number of furan rings is 1. The normalized spacial score (nSPS) is 23.8. The number of hydrogen-bond acceptors (Lipinski definition) is 4. The number of likely N-dealkylation sites (N-methyl/N-ethyl adjacent to an activating group) is 1. The summed E-state index contributed by atoms with van der Waals surface area (Å²) in [5, 5.41) is 7.79. The van der Waals surface area contributed by atoms with Crippen molar-refractivity contribution in [3.05, 3.63) is 24.2 Å². The van der Waals surface area contributed by atoms with Crippen molar-refractivity contribution < 1.29 is 4.42 Å². The first-order valence-corrected chi connectivity index (χ1v) is 10.8. The minimum atomic E-state index is 0. The van der Waals surface area contributed by atoms with E-state index >= 15 is 0 Å². The lowest BCUT2D eigenvalue weighted by atomic mass is 10.2. The van der Waals surface area contributed by atoms with Crippen molar-refractivity contribution in [1.82, 2.24) is 15.5 Å². The third-order valence-electron chi connectivity index (χ3n) is 5.13. The molecule has 7 heteroatoms. The lowest BCUT2D eigenvalue weighted by Crippen LogP contribution is -2.42. The molecule has 0 spiro atoms. The van der Waals surface area contributed by atoms with Crippen molar-refractivity contribution in [2.75, 3.05) is 38.5 Å². The predicted octanol–water partition coefficient (Wildman–Crippen LogP) is 3.36. The molecule has 1 aromatic heterocycles. The zero-order chi connectivity index (χ0) is 17.3. The van der Waals surface area contributed by atoms with Crippen molar-refractivity contribution in [3.8, 4) is 0 Å². The molecular weight excluding hydrogens is 459 g/mol. The van der Waals surface area contributed by atoms with Crippen LogP contribution < -0.4 is 10.6 Å². The Hall–Kier alpha value is -0.410. The van der Waals surface area contributed by atoms with Crippen LogP contribution in [0.5, 0.6) is 0 Å². The topological polar surface area (TPSA) is 52.8 Å². The number of hydrogen-bond donors (Lipinski definition) is 2. The maximum absolute atomic E-state index is 5.42. The standard InChI is InChI=1S/C19H32N4OS.HI/c1-2-23-11-3-6-16(23)14-21-19(22-15-18-8-5-13-25-18)20-10-9-17-7-4-12-24-17;/h4,7,12,16,18H,2-3,5-6,8-11,13-15H2,1H3,(H2,20,21,22);1H. The summed E-state index contributed by atoms with van der Waals surface area (Å²) in [5.74, 6) is 3.28. The zero-order valence-corrected chi connectivity index (χ0v) is 18.9.